The number of hydrogen-bond donors (Lipinski definition) is 2. The maximum atomic E-state index is 9.97. The molecule has 1 saturated heterocycles. The van der Waals surface area contributed by atoms with Gasteiger partial charge in [-0.05, 0) is 32.8 Å². The molecule has 1 aliphatic heterocycles. The van der Waals surface area contributed by atoms with Crippen LogP contribution in [0.2, 0.25) is 0 Å². The topological polar surface area (TPSA) is 35.5 Å². The lowest BCUT2D eigenvalue weighted by molar-refractivity contribution is 0.0401. The van der Waals surface area contributed by atoms with E-state index in [0.29, 0.717) is 6.04 Å². The molecule has 2 rings (SSSR count). The molecule has 0 amide bonds. The van der Waals surface area contributed by atoms with E-state index < -0.39 is 5.60 Å². The average molecular weight is 262 g/mol. The number of likely N-dealkylation sites (tertiary alicyclic amines) is 1. The molecule has 2 N–H and O–H groups in total. The summed E-state index contributed by atoms with van der Waals surface area (Å²) in [7, 11) is 0. The van der Waals surface area contributed by atoms with Gasteiger partial charge in [0.1, 0.15) is 0 Å². The van der Waals surface area contributed by atoms with Crippen LogP contribution in [0.25, 0.3) is 0 Å². The minimum atomic E-state index is -0.660. The zero-order valence-electron chi connectivity index (χ0n) is 12.3. The maximum absolute atomic E-state index is 9.97. The van der Waals surface area contributed by atoms with Crippen molar-refractivity contribution in [3.8, 4) is 0 Å². The van der Waals surface area contributed by atoms with Crippen LogP contribution in [-0.2, 0) is 6.54 Å². The van der Waals surface area contributed by atoms with E-state index in [1.807, 2.05) is 13.8 Å². The standard InChI is InChI=1S/C16H26N2O/c1-13(16(2,3)19)17-15-9-10-18(12-15)11-14-7-5-4-6-8-14/h4-8,13,15,17,19H,9-12H2,1-3H3. The maximum Gasteiger partial charge on any atom is 0.0741 e. The summed E-state index contributed by atoms with van der Waals surface area (Å²) in [5.74, 6) is 0. The molecule has 0 aliphatic carbocycles. The van der Waals surface area contributed by atoms with E-state index >= 15 is 0 Å². The second-order valence-electron chi connectivity index (χ2n) is 6.25. The van der Waals surface area contributed by atoms with Gasteiger partial charge in [-0.25, -0.2) is 0 Å². The van der Waals surface area contributed by atoms with Gasteiger partial charge in [-0.1, -0.05) is 30.3 Å². The fourth-order valence-corrected chi connectivity index (χ4v) is 2.51. The predicted molar refractivity (Wildman–Crippen MR) is 79.0 cm³/mol. The SMILES string of the molecule is CC(NC1CCN(Cc2ccccc2)C1)C(C)(C)O. The van der Waals surface area contributed by atoms with Crippen molar-refractivity contribution < 1.29 is 5.11 Å². The van der Waals surface area contributed by atoms with Crippen molar-refractivity contribution in [3.05, 3.63) is 35.9 Å². The largest absolute Gasteiger partial charge is 0.389 e. The first-order valence-corrected chi connectivity index (χ1v) is 7.20. The molecule has 2 atom stereocenters. The number of hydrogen-bond acceptors (Lipinski definition) is 3. The smallest absolute Gasteiger partial charge is 0.0741 e. The molecule has 1 aliphatic rings. The number of aliphatic hydroxyl groups is 1. The van der Waals surface area contributed by atoms with Gasteiger partial charge in [0.15, 0.2) is 0 Å². The summed E-state index contributed by atoms with van der Waals surface area (Å²) in [6, 6.07) is 11.2. The minimum Gasteiger partial charge on any atom is -0.389 e. The highest BCUT2D eigenvalue weighted by Crippen LogP contribution is 2.16. The Morgan fingerprint density at radius 2 is 2.05 bits per heavy atom. The molecule has 106 valence electrons. The van der Waals surface area contributed by atoms with Crippen LogP contribution in [0.4, 0.5) is 0 Å². The van der Waals surface area contributed by atoms with Crippen molar-refractivity contribution >= 4 is 0 Å². The van der Waals surface area contributed by atoms with Crippen LogP contribution in [0, 0.1) is 0 Å². The van der Waals surface area contributed by atoms with E-state index in [1.165, 1.54) is 5.56 Å². The molecule has 0 aromatic heterocycles. The van der Waals surface area contributed by atoms with Gasteiger partial charge in [0, 0.05) is 31.7 Å². The zero-order chi connectivity index (χ0) is 13.9. The summed E-state index contributed by atoms with van der Waals surface area (Å²) < 4.78 is 0. The Bertz CT molecular complexity index is 385. The molecule has 0 radical (unpaired) electrons. The van der Waals surface area contributed by atoms with E-state index in [0.717, 1.165) is 26.1 Å². The lowest BCUT2D eigenvalue weighted by Crippen LogP contribution is -2.49. The van der Waals surface area contributed by atoms with E-state index in [4.69, 9.17) is 0 Å². The highest BCUT2D eigenvalue weighted by molar-refractivity contribution is 5.14. The van der Waals surface area contributed by atoms with Crippen LogP contribution in [0.3, 0.4) is 0 Å². The van der Waals surface area contributed by atoms with E-state index in [1.54, 1.807) is 0 Å². The fraction of sp³-hybridized carbons (Fsp3) is 0.625. The summed E-state index contributed by atoms with van der Waals surface area (Å²) in [6.45, 7) is 9.00. The molecule has 0 bridgehead atoms. The lowest BCUT2D eigenvalue weighted by Gasteiger charge is -2.29. The summed E-state index contributed by atoms with van der Waals surface area (Å²) >= 11 is 0. The molecule has 3 nitrogen and oxygen atoms in total. The summed E-state index contributed by atoms with van der Waals surface area (Å²) in [4.78, 5) is 2.48. The molecule has 1 fully saturated rings. The van der Waals surface area contributed by atoms with Crippen LogP contribution in [0.1, 0.15) is 32.8 Å². The van der Waals surface area contributed by atoms with Crippen molar-refractivity contribution in [2.75, 3.05) is 13.1 Å². The summed E-state index contributed by atoms with van der Waals surface area (Å²) in [5.41, 5.74) is 0.714. The van der Waals surface area contributed by atoms with E-state index in [-0.39, 0.29) is 6.04 Å². The quantitative estimate of drug-likeness (QED) is 0.852. The summed E-state index contributed by atoms with van der Waals surface area (Å²) in [5, 5.41) is 13.5. The molecule has 1 aromatic carbocycles. The Kier molecular flexibility index (Phi) is 4.61. The highest BCUT2D eigenvalue weighted by Gasteiger charge is 2.28. The second-order valence-corrected chi connectivity index (χ2v) is 6.25. The predicted octanol–water partition coefficient (Wildman–Crippen LogP) is 2.01. The van der Waals surface area contributed by atoms with Crippen molar-refractivity contribution in [2.24, 2.45) is 0 Å². The van der Waals surface area contributed by atoms with Gasteiger partial charge in [-0.3, -0.25) is 4.90 Å². The highest BCUT2D eigenvalue weighted by atomic mass is 16.3. The zero-order valence-corrected chi connectivity index (χ0v) is 12.3. The Hall–Kier alpha value is -0.900. The molecular formula is C16H26N2O. The van der Waals surface area contributed by atoms with Gasteiger partial charge < -0.3 is 10.4 Å². The van der Waals surface area contributed by atoms with Crippen molar-refractivity contribution in [1.82, 2.24) is 10.2 Å². The average Bonchev–Trinajstić information content (AvgIpc) is 2.76. The van der Waals surface area contributed by atoms with Crippen molar-refractivity contribution in [1.29, 1.82) is 0 Å². The second kappa shape index (κ2) is 6.04. The Morgan fingerprint density at radius 1 is 1.37 bits per heavy atom. The normalized spacial score (nSPS) is 22.6. The number of benzene rings is 1. The van der Waals surface area contributed by atoms with Gasteiger partial charge in [0.2, 0.25) is 0 Å². The Balaban J connectivity index is 1.80. The molecule has 2 unspecified atom stereocenters. The van der Waals surface area contributed by atoms with Gasteiger partial charge >= 0.3 is 0 Å². The summed E-state index contributed by atoms with van der Waals surface area (Å²) in [6.07, 6.45) is 1.16. The van der Waals surface area contributed by atoms with Crippen LogP contribution >= 0.6 is 0 Å². The van der Waals surface area contributed by atoms with Crippen LogP contribution in [0.5, 0.6) is 0 Å². The lowest BCUT2D eigenvalue weighted by atomic mass is 10.00. The molecular weight excluding hydrogens is 236 g/mol. The van der Waals surface area contributed by atoms with Gasteiger partial charge in [0.05, 0.1) is 5.60 Å². The van der Waals surface area contributed by atoms with Crippen LogP contribution in [0.15, 0.2) is 30.3 Å². The first kappa shape index (κ1) is 14.5. The third kappa shape index (κ3) is 4.30. The first-order chi connectivity index (χ1) is 8.95. The van der Waals surface area contributed by atoms with Crippen LogP contribution in [-0.4, -0.2) is 40.8 Å². The monoisotopic (exact) mass is 262 g/mol. The molecule has 1 heterocycles. The van der Waals surface area contributed by atoms with Crippen LogP contribution < -0.4 is 5.32 Å². The minimum absolute atomic E-state index is 0.120. The Morgan fingerprint density at radius 3 is 2.68 bits per heavy atom. The van der Waals surface area contributed by atoms with E-state index in [2.05, 4.69) is 47.5 Å². The number of nitrogens with one attached hydrogen (secondary N) is 1. The van der Waals surface area contributed by atoms with Crippen molar-refractivity contribution in [3.63, 3.8) is 0 Å². The van der Waals surface area contributed by atoms with E-state index in [9.17, 15) is 5.11 Å². The van der Waals surface area contributed by atoms with Gasteiger partial charge in [-0.2, -0.15) is 0 Å². The van der Waals surface area contributed by atoms with Gasteiger partial charge in [0.25, 0.3) is 0 Å². The third-order valence-electron chi connectivity index (χ3n) is 4.07. The fourth-order valence-electron chi connectivity index (χ4n) is 2.51. The third-order valence-corrected chi connectivity index (χ3v) is 4.07. The molecule has 19 heavy (non-hydrogen) atoms. The molecule has 0 saturated carbocycles. The number of rotatable bonds is 5. The van der Waals surface area contributed by atoms with Gasteiger partial charge in [-0.15, -0.1) is 0 Å². The molecule has 3 heteroatoms. The molecule has 0 spiro atoms. The van der Waals surface area contributed by atoms with Crippen molar-refractivity contribution in [2.45, 2.75) is 51.4 Å². The number of nitrogens with zero attached hydrogens (tertiary/aromatic N) is 1. The first-order valence-electron chi connectivity index (χ1n) is 7.20. The molecule has 1 aromatic rings. The Labute approximate surface area is 116 Å².